The van der Waals surface area contributed by atoms with Crippen LogP contribution in [-0.4, -0.2) is 59.3 Å². The molecule has 1 aliphatic rings. The molecule has 0 aliphatic carbocycles. The second-order valence-corrected chi connectivity index (χ2v) is 7.87. The number of aliphatic hydroxyl groups is 1. The van der Waals surface area contributed by atoms with Crippen molar-refractivity contribution in [1.82, 2.24) is 14.9 Å². The molecule has 1 saturated heterocycles. The zero-order chi connectivity index (χ0) is 18.6. The molecule has 0 atom stereocenters. The number of thiophene rings is 1. The lowest BCUT2D eigenvalue weighted by atomic mass is 10.1. The van der Waals surface area contributed by atoms with Crippen molar-refractivity contribution in [3.63, 3.8) is 0 Å². The van der Waals surface area contributed by atoms with Crippen molar-refractivity contribution in [2.45, 2.75) is 27.2 Å². The lowest BCUT2D eigenvalue weighted by molar-refractivity contribution is 0.271. The van der Waals surface area contributed by atoms with E-state index in [1.165, 1.54) is 10.1 Å². The second-order valence-electron chi connectivity index (χ2n) is 6.96. The average Bonchev–Trinajstić information content (AvgIpc) is 3.21. The lowest BCUT2D eigenvalue weighted by Crippen LogP contribution is -2.46. The average molecular weight is 399 g/mol. The first-order valence-corrected chi connectivity index (χ1v) is 10.6. The summed E-state index contributed by atoms with van der Waals surface area (Å²) in [6, 6.07) is 8.49. The normalized spacial score (nSPS) is 15.0. The van der Waals surface area contributed by atoms with Crippen molar-refractivity contribution in [2.24, 2.45) is 0 Å². The van der Waals surface area contributed by atoms with Gasteiger partial charge in [0.15, 0.2) is 0 Å². The Morgan fingerprint density at radius 3 is 2.64 bits per heavy atom. The molecule has 3 aromatic rings. The summed E-state index contributed by atoms with van der Waals surface area (Å²) in [4.78, 5) is 14.5. The molecule has 0 saturated carbocycles. The van der Waals surface area contributed by atoms with Gasteiger partial charge in [-0.3, -0.25) is 4.98 Å². The van der Waals surface area contributed by atoms with Gasteiger partial charge in [0, 0.05) is 50.2 Å². The van der Waals surface area contributed by atoms with Crippen LogP contribution in [0.3, 0.4) is 0 Å². The van der Waals surface area contributed by atoms with E-state index in [9.17, 15) is 0 Å². The summed E-state index contributed by atoms with van der Waals surface area (Å²) in [6.45, 7) is 7.78. The summed E-state index contributed by atoms with van der Waals surface area (Å²) >= 11 is 1.77. The van der Waals surface area contributed by atoms with E-state index in [2.05, 4.69) is 45.3 Å². The standard InChI is InChI=1S/C21H26N4OS.CH4/c1-2-24-8-10-25(11-9-24)21-20-16(7-13-27-20)14-19(23-21)17-5-6-18(22-15-17)4-3-12-26;/h5-7,13-15,26H,2-4,8-12H2,1H3;1H4. The quantitative estimate of drug-likeness (QED) is 0.679. The molecular formula is C22H30N4OS. The molecule has 0 bridgehead atoms. The molecule has 1 fully saturated rings. The van der Waals surface area contributed by atoms with Gasteiger partial charge in [-0.1, -0.05) is 14.4 Å². The largest absolute Gasteiger partial charge is 0.396 e. The van der Waals surface area contributed by atoms with Crippen molar-refractivity contribution in [3.05, 3.63) is 41.5 Å². The fraction of sp³-hybridized carbons (Fsp3) is 0.455. The molecule has 0 amide bonds. The number of piperazine rings is 1. The summed E-state index contributed by atoms with van der Waals surface area (Å²) < 4.78 is 1.27. The number of hydrogen-bond donors (Lipinski definition) is 1. The molecule has 0 aromatic carbocycles. The highest BCUT2D eigenvalue weighted by molar-refractivity contribution is 7.17. The first kappa shape index (κ1) is 20.7. The predicted octanol–water partition coefficient (Wildman–Crippen LogP) is 4.06. The molecule has 0 spiro atoms. The van der Waals surface area contributed by atoms with Gasteiger partial charge in [0.2, 0.25) is 0 Å². The molecular weight excluding hydrogens is 368 g/mol. The van der Waals surface area contributed by atoms with Crippen molar-refractivity contribution in [3.8, 4) is 11.3 Å². The zero-order valence-corrected chi connectivity index (χ0v) is 16.6. The van der Waals surface area contributed by atoms with Gasteiger partial charge in [-0.2, -0.15) is 0 Å². The third kappa shape index (κ3) is 4.35. The van der Waals surface area contributed by atoms with Gasteiger partial charge < -0.3 is 14.9 Å². The summed E-state index contributed by atoms with van der Waals surface area (Å²) in [5, 5.41) is 12.4. The number of nitrogens with zero attached hydrogens (tertiary/aromatic N) is 4. The maximum Gasteiger partial charge on any atom is 0.147 e. The van der Waals surface area contributed by atoms with Gasteiger partial charge in [-0.25, -0.2) is 4.98 Å². The highest BCUT2D eigenvalue weighted by Gasteiger charge is 2.20. The molecule has 6 heteroatoms. The van der Waals surface area contributed by atoms with Gasteiger partial charge in [0.25, 0.3) is 0 Å². The summed E-state index contributed by atoms with van der Waals surface area (Å²) in [7, 11) is 0. The van der Waals surface area contributed by atoms with Crippen molar-refractivity contribution < 1.29 is 5.11 Å². The SMILES string of the molecule is C.CCN1CCN(c2nc(-c3ccc(CCCO)nc3)cc3ccsc23)CC1. The van der Waals surface area contributed by atoms with E-state index in [1.54, 1.807) is 11.3 Å². The fourth-order valence-corrected chi connectivity index (χ4v) is 4.48. The number of pyridine rings is 2. The zero-order valence-electron chi connectivity index (χ0n) is 15.8. The minimum absolute atomic E-state index is 0. The first-order chi connectivity index (χ1) is 13.3. The van der Waals surface area contributed by atoms with Gasteiger partial charge in [0.05, 0.1) is 10.4 Å². The minimum atomic E-state index is 0. The van der Waals surface area contributed by atoms with E-state index in [-0.39, 0.29) is 14.0 Å². The number of rotatable bonds is 6. The van der Waals surface area contributed by atoms with E-state index in [4.69, 9.17) is 10.1 Å². The van der Waals surface area contributed by atoms with E-state index in [0.29, 0.717) is 0 Å². The number of anilines is 1. The highest BCUT2D eigenvalue weighted by Crippen LogP contribution is 2.34. The number of aliphatic hydroxyl groups excluding tert-OH is 1. The summed E-state index contributed by atoms with van der Waals surface area (Å²) in [5.74, 6) is 1.11. The topological polar surface area (TPSA) is 52.5 Å². The molecule has 5 nitrogen and oxygen atoms in total. The van der Waals surface area contributed by atoms with E-state index < -0.39 is 0 Å². The van der Waals surface area contributed by atoms with E-state index >= 15 is 0 Å². The Kier molecular flexibility index (Phi) is 6.99. The van der Waals surface area contributed by atoms with Crippen LogP contribution in [0.1, 0.15) is 26.5 Å². The van der Waals surface area contributed by atoms with Crippen LogP contribution < -0.4 is 4.90 Å². The molecule has 0 radical (unpaired) electrons. The molecule has 1 aliphatic heterocycles. The fourth-order valence-electron chi connectivity index (χ4n) is 3.58. The summed E-state index contributed by atoms with van der Waals surface area (Å²) in [6.07, 6.45) is 3.46. The van der Waals surface area contributed by atoms with Gasteiger partial charge in [0.1, 0.15) is 5.82 Å². The molecule has 4 rings (SSSR count). The maximum atomic E-state index is 8.98. The number of likely N-dealkylation sites (N-methyl/N-ethyl adjacent to an activating group) is 1. The van der Waals surface area contributed by atoms with Crippen LogP contribution in [0.15, 0.2) is 35.8 Å². The molecule has 150 valence electrons. The molecule has 28 heavy (non-hydrogen) atoms. The Morgan fingerprint density at radius 2 is 1.96 bits per heavy atom. The van der Waals surface area contributed by atoms with Crippen molar-refractivity contribution in [2.75, 3.05) is 44.2 Å². The number of hydrogen-bond acceptors (Lipinski definition) is 6. The van der Waals surface area contributed by atoms with Crippen LogP contribution >= 0.6 is 11.3 Å². The minimum Gasteiger partial charge on any atom is -0.396 e. The number of aromatic nitrogens is 2. The first-order valence-electron chi connectivity index (χ1n) is 9.70. The van der Waals surface area contributed by atoms with Crippen LogP contribution in [0.2, 0.25) is 0 Å². The van der Waals surface area contributed by atoms with Crippen LogP contribution in [0.4, 0.5) is 5.82 Å². The van der Waals surface area contributed by atoms with Crippen molar-refractivity contribution >= 4 is 27.2 Å². The van der Waals surface area contributed by atoms with E-state index in [0.717, 1.165) is 68.3 Å². The Hall–Kier alpha value is -2.02. The molecule has 4 heterocycles. The number of fused-ring (bicyclic) bond motifs is 1. The Morgan fingerprint density at radius 1 is 1.14 bits per heavy atom. The number of aryl methyl sites for hydroxylation is 1. The summed E-state index contributed by atoms with van der Waals surface area (Å²) in [5.41, 5.74) is 3.04. The lowest BCUT2D eigenvalue weighted by Gasteiger charge is -2.35. The third-order valence-corrected chi connectivity index (χ3v) is 6.17. The second kappa shape index (κ2) is 9.45. The molecule has 1 N–H and O–H groups in total. The van der Waals surface area contributed by atoms with Gasteiger partial charge >= 0.3 is 0 Å². The van der Waals surface area contributed by atoms with Crippen LogP contribution in [0.25, 0.3) is 21.3 Å². The highest BCUT2D eigenvalue weighted by atomic mass is 32.1. The molecule has 0 unspecified atom stereocenters. The van der Waals surface area contributed by atoms with Crippen LogP contribution in [-0.2, 0) is 6.42 Å². The smallest absolute Gasteiger partial charge is 0.147 e. The monoisotopic (exact) mass is 398 g/mol. The van der Waals surface area contributed by atoms with E-state index in [1.807, 2.05) is 12.3 Å². The van der Waals surface area contributed by atoms with Gasteiger partial charge in [-0.05, 0) is 54.4 Å². The van der Waals surface area contributed by atoms with Crippen LogP contribution in [0.5, 0.6) is 0 Å². The Balaban J connectivity index is 0.00000225. The van der Waals surface area contributed by atoms with Crippen molar-refractivity contribution in [1.29, 1.82) is 0 Å². The third-order valence-electron chi connectivity index (χ3n) is 5.25. The maximum absolute atomic E-state index is 8.98. The Labute approximate surface area is 171 Å². The Bertz CT molecular complexity index is 885. The predicted molar refractivity (Wildman–Crippen MR) is 119 cm³/mol. The van der Waals surface area contributed by atoms with Crippen LogP contribution in [0, 0.1) is 0 Å². The van der Waals surface area contributed by atoms with Gasteiger partial charge in [-0.15, -0.1) is 11.3 Å². The molecule has 3 aromatic heterocycles.